The van der Waals surface area contributed by atoms with Gasteiger partial charge in [0.1, 0.15) is 0 Å². The van der Waals surface area contributed by atoms with Crippen LogP contribution in [-0.2, 0) is 9.59 Å². The summed E-state index contributed by atoms with van der Waals surface area (Å²) in [5.41, 5.74) is 4.68. The number of hydrogen-bond donors (Lipinski definition) is 1. The van der Waals surface area contributed by atoms with E-state index in [1.165, 1.54) is 19.3 Å². The summed E-state index contributed by atoms with van der Waals surface area (Å²) < 4.78 is 0. The number of pyridine rings is 1. The van der Waals surface area contributed by atoms with Crippen molar-refractivity contribution >= 4 is 56.7 Å². The van der Waals surface area contributed by atoms with Crippen LogP contribution < -0.4 is 10.2 Å². The number of carbonyl (C=O) groups excluding carboxylic acids is 2. The smallest absolute Gasteiger partial charge is 0.233 e. The van der Waals surface area contributed by atoms with E-state index in [-0.39, 0.29) is 11.8 Å². The van der Waals surface area contributed by atoms with Crippen LogP contribution >= 0.6 is 27.5 Å². The van der Waals surface area contributed by atoms with E-state index < -0.39 is 5.41 Å². The number of benzene rings is 2. The van der Waals surface area contributed by atoms with Crippen molar-refractivity contribution in [3.63, 3.8) is 0 Å². The van der Waals surface area contributed by atoms with Gasteiger partial charge in [-0.2, -0.15) is 0 Å². The second-order valence-corrected chi connectivity index (χ2v) is 13.7. The number of halogens is 2. The lowest BCUT2D eigenvalue weighted by molar-refractivity contribution is -0.137. The highest BCUT2D eigenvalue weighted by Gasteiger charge is 2.49. The summed E-state index contributed by atoms with van der Waals surface area (Å²) in [6.07, 6.45) is 13.4. The molecule has 0 bridgehead atoms. The quantitative estimate of drug-likeness (QED) is 0.117. The maximum Gasteiger partial charge on any atom is 0.233 e. The van der Waals surface area contributed by atoms with Gasteiger partial charge >= 0.3 is 0 Å². The highest BCUT2D eigenvalue weighted by molar-refractivity contribution is 9.09. The third kappa shape index (κ3) is 7.84. The molecule has 1 N–H and O–H groups in total. The summed E-state index contributed by atoms with van der Waals surface area (Å²) in [5, 5.41) is 4.76. The van der Waals surface area contributed by atoms with Gasteiger partial charge in [-0.1, -0.05) is 95.3 Å². The Balaban J connectivity index is 1.08. The van der Waals surface area contributed by atoms with E-state index in [2.05, 4.69) is 55.5 Å². The maximum atomic E-state index is 13.8. The van der Waals surface area contributed by atoms with Crippen LogP contribution in [0.2, 0.25) is 5.02 Å². The maximum absolute atomic E-state index is 13.8. The molecule has 2 aliphatic heterocycles. The Kier molecular flexibility index (Phi) is 10.8. The molecule has 2 saturated heterocycles. The average Bonchev–Trinajstić information content (AvgIpc) is 3.42. The van der Waals surface area contributed by atoms with Crippen LogP contribution in [0, 0.1) is 5.41 Å². The molecule has 8 nitrogen and oxygen atoms in total. The van der Waals surface area contributed by atoms with Gasteiger partial charge in [-0.3, -0.25) is 14.6 Å². The molecule has 2 aromatic heterocycles. The Hall–Kier alpha value is -3.82. The van der Waals surface area contributed by atoms with Crippen LogP contribution in [0.25, 0.3) is 22.4 Å². The van der Waals surface area contributed by atoms with E-state index in [4.69, 9.17) is 16.6 Å². The Morgan fingerprint density at radius 3 is 2.38 bits per heavy atom. The van der Waals surface area contributed by atoms with Gasteiger partial charge in [0.2, 0.25) is 17.8 Å². The zero-order chi connectivity index (χ0) is 32.6. The minimum absolute atomic E-state index is 0.124. The van der Waals surface area contributed by atoms with Gasteiger partial charge in [0, 0.05) is 36.9 Å². The Morgan fingerprint density at radius 2 is 1.57 bits per heavy atom. The van der Waals surface area contributed by atoms with Crippen LogP contribution in [0.15, 0.2) is 79.3 Å². The molecule has 6 rings (SSSR count). The summed E-state index contributed by atoms with van der Waals surface area (Å²) in [4.78, 5) is 44.0. The molecule has 244 valence electrons. The lowest BCUT2D eigenvalue weighted by Crippen LogP contribution is -2.46. The summed E-state index contributed by atoms with van der Waals surface area (Å²) in [7, 11) is 0. The van der Waals surface area contributed by atoms with Crippen LogP contribution in [0.4, 0.5) is 17.3 Å². The number of aromatic nitrogens is 3. The first-order valence-corrected chi connectivity index (χ1v) is 18.0. The number of nitrogens with zero attached hydrogens (tertiary/aromatic N) is 5. The second-order valence-electron chi connectivity index (χ2n) is 12.5. The number of unbranched alkanes of at least 4 members (excludes halogenated alkanes) is 4. The fourth-order valence-electron chi connectivity index (χ4n) is 6.65. The SMILES string of the molecule is O=C(CCCCCCCBr)N1CCC2(CC1)CCN(c1cncc(Nc3ncc(Cl)c(-c4cccc(-c5ccccc5)c4)n3)c1)C2=O. The van der Waals surface area contributed by atoms with Crippen molar-refractivity contribution in [1.82, 2.24) is 19.9 Å². The molecular weight excluding hydrogens is 676 g/mol. The van der Waals surface area contributed by atoms with Gasteiger partial charge < -0.3 is 15.1 Å². The summed E-state index contributed by atoms with van der Waals surface area (Å²) in [6.45, 7) is 1.92. The number of nitrogens with one attached hydrogen (secondary N) is 1. The number of piperidine rings is 1. The van der Waals surface area contributed by atoms with Gasteiger partial charge in [0.15, 0.2) is 0 Å². The number of hydrogen-bond acceptors (Lipinski definition) is 6. The molecule has 2 aromatic carbocycles. The largest absolute Gasteiger partial charge is 0.343 e. The molecule has 2 aliphatic rings. The average molecular weight is 716 g/mol. The Labute approximate surface area is 290 Å². The number of amides is 2. The zero-order valence-electron chi connectivity index (χ0n) is 26.5. The van der Waals surface area contributed by atoms with Gasteiger partial charge in [-0.15, -0.1) is 0 Å². The molecule has 0 saturated carbocycles. The lowest BCUT2D eigenvalue weighted by Gasteiger charge is -2.38. The monoisotopic (exact) mass is 714 g/mol. The number of rotatable bonds is 12. The van der Waals surface area contributed by atoms with E-state index >= 15 is 0 Å². The van der Waals surface area contributed by atoms with Gasteiger partial charge in [0.05, 0.1) is 46.1 Å². The van der Waals surface area contributed by atoms with Crippen molar-refractivity contribution in [3.05, 3.63) is 84.3 Å². The topological polar surface area (TPSA) is 91.3 Å². The molecular formula is C37H40BrClN6O2. The minimum atomic E-state index is -0.418. The predicted octanol–water partition coefficient (Wildman–Crippen LogP) is 8.68. The Bertz CT molecular complexity index is 1700. The van der Waals surface area contributed by atoms with Crippen molar-refractivity contribution in [3.8, 4) is 22.4 Å². The van der Waals surface area contributed by atoms with E-state index in [1.54, 1.807) is 18.6 Å². The molecule has 1 spiro atoms. The van der Waals surface area contributed by atoms with E-state index in [0.717, 1.165) is 47.0 Å². The third-order valence-electron chi connectivity index (χ3n) is 9.39. The first kappa shape index (κ1) is 33.1. The third-order valence-corrected chi connectivity index (χ3v) is 10.2. The van der Waals surface area contributed by atoms with Crippen molar-refractivity contribution in [2.24, 2.45) is 5.41 Å². The van der Waals surface area contributed by atoms with E-state index in [0.29, 0.717) is 61.2 Å². The van der Waals surface area contributed by atoms with E-state index in [9.17, 15) is 9.59 Å². The number of anilines is 3. The van der Waals surface area contributed by atoms with Crippen LogP contribution in [0.5, 0.6) is 0 Å². The summed E-state index contributed by atoms with van der Waals surface area (Å²) >= 11 is 10.0. The predicted molar refractivity (Wildman–Crippen MR) is 192 cm³/mol. The van der Waals surface area contributed by atoms with Gasteiger partial charge in [-0.25, -0.2) is 9.97 Å². The zero-order valence-corrected chi connectivity index (χ0v) is 28.8. The molecule has 0 unspecified atom stereocenters. The molecule has 47 heavy (non-hydrogen) atoms. The molecule has 2 amide bonds. The molecule has 2 fully saturated rings. The summed E-state index contributed by atoms with van der Waals surface area (Å²) in [6, 6.07) is 20.2. The second kappa shape index (κ2) is 15.4. The molecule has 0 aliphatic carbocycles. The molecule has 10 heteroatoms. The highest BCUT2D eigenvalue weighted by atomic mass is 79.9. The number of likely N-dealkylation sites (tertiary alicyclic amines) is 1. The van der Waals surface area contributed by atoms with E-state index in [1.807, 2.05) is 46.2 Å². The first-order chi connectivity index (χ1) is 23.0. The highest BCUT2D eigenvalue weighted by Crippen LogP contribution is 2.43. The van der Waals surface area contributed by atoms with Crippen molar-refractivity contribution < 1.29 is 9.59 Å². The minimum Gasteiger partial charge on any atom is -0.343 e. The van der Waals surface area contributed by atoms with Gasteiger partial charge in [-0.05, 0) is 55.4 Å². The van der Waals surface area contributed by atoms with Crippen molar-refractivity contribution in [1.29, 1.82) is 0 Å². The fourth-order valence-corrected chi connectivity index (χ4v) is 7.25. The normalized spacial score (nSPS) is 15.7. The molecule has 4 aromatic rings. The number of alkyl halides is 1. The standard InChI is InChI=1S/C37H40BrClN6O2/c38-18-8-3-1-2-7-14-33(46)44-19-15-37(16-20-44)17-21-45(35(37)47)31-23-30(24-40-25-31)42-36-41-26-32(39)34(43-36)29-13-9-12-28(22-29)27-10-5-4-6-11-27/h4-6,9-13,22-26H,1-3,7-8,14-21H2,(H,41,42,43). The molecule has 0 atom stereocenters. The summed E-state index contributed by atoms with van der Waals surface area (Å²) in [5.74, 6) is 0.731. The van der Waals surface area contributed by atoms with Crippen molar-refractivity contribution in [2.45, 2.75) is 57.8 Å². The fraction of sp³-hybridized carbons (Fsp3) is 0.378. The van der Waals surface area contributed by atoms with Gasteiger partial charge in [0.25, 0.3) is 0 Å². The molecule has 4 heterocycles. The van der Waals surface area contributed by atoms with Crippen molar-refractivity contribution in [2.75, 3.05) is 35.2 Å². The van der Waals surface area contributed by atoms with Crippen LogP contribution in [-0.4, -0.2) is 56.6 Å². The molecule has 0 radical (unpaired) electrons. The van der Waals surface area contributed by atoms with Crippen LogP contribution in [0.3, 0.4) is 0 Å². The first-order valence-electron chi connectivity index (χ1n) is 16.5. The lowest BCUT2D eigenvalue weighted by atomic mass is 9.77. The number of carbonyl (C=O) groups is 2. The Morgan fingerprint density at radius 1 is 0.851 bits per heavy atom. The van der Waals surface area contributed by atoms with Crippen LogP contribution in [0.1, 0.15) is 57.8 Å².